The molecule has 1 saturated carbocycles. The number of rotatable bonds is 8. The summed E-state index contributed by atoms with van der Waals surface area (Å²) in [6.07, 6.45) is 13.7. The summed E-state index contributed by atoms with van der Waals surface area (Å²) in [5.41, 5.74) is 2.34. The van der Waals surface area contributed by atoms with Gasteiger partial charge in [0.15, 0.2) is 0 Å². The Balaban J connectivity index is 1.70. The highest BCUT2D eigenvalue weighted by atomic mass is 16.5. The highest BCUT2D eigenvalue weighted by Gasteiger charge is 2.44. The summed E-state index contributed by atoms with van der Waals surface area (Å²) in [6.45, 7) is 0. The second-order valence-electron chi connectivity index (χ2n) is 7.20. The Morgan fingerprint density at radius 1 is 1.42 bits per heavy atom. The number of hydrogen-bond donors (Lipinski definition) is 2. The molecule has 4 nitrogen and oxygen atoms in total. The van der Waals surface area contributed by atoms with Crippen molar-refractivity contribution in [1.82, 2.24) is 0 Å². The topological polar surface area (TPSA) is 66.8 Å². The van der Waals surface area contributed by atoms with Gasteiger partial charge in [0.2, 0.25) is 0 Å². The quantitative estimate of drug-likeness (QED) is 0.552. The van der Waals surface area contributed by atoms with E-state index in [4.69, 9.17) is 16.3 Å². The lowest BCUT2D eigenvalue weighted by atomic mass is 9.87. The monoisotopic (exact) mass is 354 g/mol. The molecule has 1 aromatic rings. The molecule has 0 radical (unpaired) electrons. The lowest BCUT2D eigenvalue weighted by Crippen LogP contribution is -2.15. The minimum Gasteiger partial charge on any atom is -0.489 e. The number of allylic oxidation sites excluding steroid dienone is 1. The maximum Gasteiger partial charge on any atom is 0.303 e. The molecule has 0 bridgehead atoms. The Morgan fingerprint density at radius 3 is 3.04 bits per heavy atom. The van der Waals surface area contributed by atoms with Gasteiger partial charge in [-0.25, -0.2) is 0 Å². The first-order chi connectivity index (χ1) is 12.6. The number of fused-ring (bicyclic) bond motifs is 3. The first kappa shape index (κ1) is 18.5. The highest BCUT2D eigenvalue weighted by Crippen LogP contribution is 2.51. The molecule has 2 N–H and O–H groups in total. The standard InChI is InChI=1S/C22H26O4/c1-2-3-8-17(23)13-11-15-12-14-19-21(15)18-9-4-6-16(22(18)26-19)7-5-10-20(24)25/h1,4,6,9,11,13,15,17,19,21,23H,3,5,7-8,10,12,14H2,(H,24,25)/b13-11+/t15-,17-,19-,21-/m0/s1. The number of hydrogen-bond acceptors (Lipinski definition) is 3. The normalized spacial score (nSPS) is 24.7. The van der Waals surface area contributed by atoms with Crippen LogP contribution in [0.5, 0.6) is 5.75 Å². The molecule has 1 aliphatic carbocycles. The predicted molar refractivity (Wildman–Crippen MR) is 100 cm³/mol. The van der Waals surface area contributed by atoms with E-state index in [0.29, 0.717) is 31.1 Å². The average Bonchev–Trinajstić information content (AvgIpc) is 3.18. The van der Waals surface area contributed by atoms with Gasteiger partial charge < -0.3 is 14.9 Å². The number of aryl methyl sites for hydroxylation is 1. The van der Waals surface area contributed by atoms with Gasteiger partial charge in [0.1, 0.15) is 11.9 Å². The van der Waals surface area contributed by atoms with Crippen LogP contribution < -0.4 is 4.74 Å². The van der Waals surface area contributed by atoms with E-state index in [2.05, 4.69) is 18.1 Å². The van der Waals surface area contributed by atoms with E-state index >= 15 is 0 Å². The van der Waals surface area contributed by atoms with Crippen molar-refractivity contribution in [2.75, 3.05) is 0 Å². The summed E-state index contributed by atoms with van der Waals surface area (Å²) in [5.74, 6) is 3.43. The van der Waals surface area contributed by atoms with Crippen LogP contribution in [-0.4, -0.2) is 28.4 Å². The van der Waals surface area contributed by atoms with Gasteiger partial charge >= 0.3 is 5.97 Å². The van der Waals surface area contributed by atoms with E-state index in [9.17, 15) is 9.90 Å². The maximum absolute atomic E-state index is 10.7. The molecule has 0 saturated heterocycles. The smallest absolute Gasteiger partial charge is 0.303 e. The Hall–Kier alpha value is -2.25. The fraction of sp³-hybridized carbons (Fsp3) is 0.500. The van der Waals surface area contributed by atoms with Crippen LogP contribution in [0.4, 0.5) is 0 Å². The summed E-state index contributed by atoms with van der Waals surface area (Å²) >= 11 is 0. The third-order valence-electron chi connectivity index (χ3n) is 5.40. The van der Waals surface area contributed by atoms with Crippen molar-refractivity contribution in [3.63, 3.8) is 0 Å². The fourth-order valence-electron chi connectivity index (χ4n) is 4.16. The molecule has 0 aromatic heterocycles. The first-order valence-corrected chi connectivity index (χ1v) is 9.40. The molecular weight excluding hydrogens is 328 g/mol. The molecule has 4 atom stereocenters. The van der Waals surface area contributed by atoms with Crippen molar-refractivity contribution >= 4 is 5.97 Å². The molecule has 1 aromatic carbocycles. The minimum atomic E-state index is -0.760. The summed E-state index contributed by atoms with van der Waals surface area (Å²) < 4.78 is 6.25. The van der Waals surface area contributed by atoms with Gasteiger partial charge in [0.25, 0.3) is 0 Å². The number of aliphatic hydroxyl groups excluding tert-OH is 1. The zero-order valence-electron chi connectivity index (χ0n) is 14.9. The van der Waals surface area contributed by atoms with Gasteiger partial charge in [-0.2, -0.15) is 0 Å². The van der Waals surface area contributed by atoms with Gasteiger partial charge in [-0.3, -0.25) is 4.79 Å². The molecule has 138 valence electrons. The van der Waals surface area contributed by atoms with Crippen LogP contribution in [0, 0.1) is 18.3 Å². The van der Waals surface area contributed by atoms with Crippen LogP contribution in [0.3, 0.4) is 0 Å². The second-order valence-corrected chi connectivity index (χ2v) is 7.20. The van der Waals surface area contributed by atoms with E-state index in [-0.39, 0.29) is 12.5 Å². The SMILES string of the molecule is C#CCC[C@H](O)/C=C/[C@H]1CC[C@@H]2Oc3c(CCCC(=O)O)cccc3[C@@H]21. The van der Waals surface area contributed by atoms with E-state index in [0.717, 1.165) is 30.6 Å². The molecular formula is C22H26O4. The van der Waals surface area contributed by atoms with E-state index in [1.807, 2.05) is 18.2 Å². The van der Waals surface area contributed by atoms with Crippen molar-refractivity contribution in [1.29, 1.82) is 0 Å². The Labute approximate surface area is 154 Å². The molecule has 1 fully saturated rings. The molecule has 0 spiro atoms. The van der Waals surface area contributed by atoms with E-state index in [1.54, 1.807) is 0 Å². The van der Waals surface area contributed by atoms with Crippen molar-refractivity contribution in [3.05, 3.63) is 41.5 Å². The Bertz CT molecular complexity index is 715. The Kier molecular flexibility index (Phi) is 6.00. The van der Waals surface area contributed by atoms with Crippen LogP contribution in [-0.2, 0) is 11.2 Å². The van der Waals surface area contributed by atoms with Crippen LogP contribution in [0.1, 0.15) is 55.6 Å². The van der Waals surface area contributed by atoms with Crippen LogP contribution in [0.25, 0.3) is 0 Å². The number of para-hydroxylation sites is 1. The number of ether oxygens (including phenoxy) is 1. The second kappa shape index (κ2) is 8.42. The number of benzene rings is 1. The minimum absolute atomic E-state index is 0.178. The number of carbonyl (C=O) groups is 1. The number of aliphatic carboxylic acids is 1. The summed E-state index contributed by atoms with van der Waals surface area (Å²) in [6, 6.07) is 6.21. The first-order valence-electron chi connectivity index (χ1n) is 9.40. The molecule has 1 heterocycles. The van der Waals surface area contributed by atoms with Crippen LogP contribution >= 0.6 is 0 Å². The number of carboxylic acid groups (broad SMARTS) is 1. The average molecular weight is 354 g/mol. The zero-order chi connectivity index (χ0) is 18.5. The third kappa shape index (κ3) is 4.11. The van der Waals surface area contributed by atoms with Gasteiger partial charge in [-0.05, 0) is 43.6 Å². The summed E-state index contributed by atoms with van der Waals surface area (Å²) in [4.78, 5) is 10.7. The molecule has 26 heavy (non-hydrogen) atoms. The molecule has 0 amide bonds. The van der Waals surface area contributed by atoms with Crippen LogP contribution in [0.15, 0.2) is 30.4 Å². The maximum atomic E-state index is 10.7. The molecule has 1 aliphatic heterocycles. The van der Waals surface area contributed by atoms with Gasteiger partial charge in [-0.15, -0.1) is 12.3 Å². The van der Waals surface area contributed by atoms with Crippen molar-refractivity contribution in [2.45, 2.75) is 63.1 Å². The predicted octanol–water partition coefficient (Wildman–Crippen LogP) is 3.68. The number of terminal acetylenes is 1. The molecule has 3 rings (SSSR count). The fourth-order valence-corrected chi connectivity index (χ4v) is 4.16. The van der Waals surface area contributed by atoms with Crippen molar-refractivity contribution in [2.24, 2.45) is 5.92 Å². The van der Waals surface area contributed by atoms with Crippen molar-refractivity contribution in [3.8, 4) is 18.1 Å². The highest BCUT2D eigenvalue weighted by molar-refractivity contribution is 5.66. The Morgan fingerprint density at radius 2 is 2.27 bits per heavy atom. The van der Waals surface area contributed by atoms with E-state index in [1.165, 1.54) is 5.56 Å². The zero-order valence-corrected chi connectivity index (χ0v) is 14.9. The third-order valence-corrected chi connectivity index (χ3v) is 5.40. The molecule has 4 heteroatoms. The van der Waals surface area contributed by atoms with Gasteiger partial charge in [0, 0.05) is 24.3 Å². The number of carboxylic acids is 1. The van der Waals surface area contributed by atoms with Crippen LogP contribution in [0.2, 0.25) is 0 Å². The summed E-state index contributed by atoms with van der Waals surface area (Å²) in [5, 5.41) is 18.8. The summed E-state index contributed by atoms with van der Waals surface area (Å²) in [7, 11) is 0. The number of aliphatic hydroxyl groups is 1. The van der Waals surface area contributed by atoms with Gasteiger partial charge in [-0.1, -0.05) is 30.4 Å². The molecule has 0 unspecified atom stereocenters. The van der Waals surface area contributed by atoms with Crippen molar-refractivity contribution < 1.29 is 19.7 Å². The van der Waals surface area contributed by atoms with E-state index < -0.39 is 12.1 Å². The van der Waals surface area contributed by atoms with Gasteiger partial charge in [0.05, 0.1) is 6.10 Å². The largest absolute Gasteiger partial charge is 0.489 e. The molecule has 2 aliphatic rings. The lowest BCUT2D eigenvalue weighted by Gasteiger charge is -2.15. The lowest BCUT2D eigenvalue weighted by molar-refractivity contribution is -0.137.